The van der Waals surface area contributed by atoms with Crippen LogP contribution in [0.3, 0.4) is 0 Å². The third kappa shape index (κ3) is 3.59. The Morgan fingerprint density at radius 1 is 1.30 bits per heavy atom. The molecular weight excluding hydrogens is 252 g/mol. The van der Waals surface area contributed by atoms with Crippen LogP contribution in [-0.4, -0.2) is 10.1 Å². The van der Waals surface area contributed by atoms with E-state index in [4.69, 9.17) is 9.26 Å². The number of nitrogens with zero attached hydrogens (tertiary/aromatic N) is 2. The van der Waals surface area contributed by atoms with Crippen molar-refractivity contribution in [3.63, 3.8) is 0 Å². The molecular formula is C16H22N2O2. The molecule has 0 aliphatic carbocycles. The quantitative estimate of drug-likeness (QED) is 0.842. The van der Waals surface area contributed by atoms with Gasteiger partial charge in [-0.25, -0.2) is 0 Å². The number of rotatable bonds is 4. The molecule has 0 aliphatic heterocycles. The molecule has 0 saturated carbocycles. The summed E-state index contributed by atoms with van der Waals surface area (Å²) in [6.07, 6.45) is 0. The van der Waals surface area contributed by atoms with Gasteiger partial charge in [-0.15, -0.1) is 0 Å². The molecule has 4 heteroatoms. The molecule has 0 fully saturated rings. The highest BCUT2D eigenvalue weighted by atomic mass is 16.5. The van der Waals surface area contributed by atoms with Gasteiger partial charge in [0.25, 0.3) is 0 Å². The van der Waals surface area contributed by atoms with Gasteiger partial charge in [0.15, 0.2) is 6.61 Å². The highest BCUT2D eigenvalue weighted by Crippen LogP contribution is 2.35. The molecule has 1 atom stereocenters. The number of hydrogen-bond donors (Lipinski definition) is 0. The highest BCUT2D eigenvalue weighted by molar-refractivity contribution is 5.31. The lowest BCUT2D eigenvalue weighted by Crippen LogP contribution is -2.15. The van der Waals surface area contributed by atoms with Crippen LogP contribution in [0.1, 0.15) is 50.9 Å². The summed E-state index contributed by atoms with van der Waals surface area (Å²) in [5.74, 6) is 2.41. The van der Waals surface area contributed by atoms with E-state index in [1.165, 1.54) is 5.56 Å². The normalized spacial score (nSPS) is 13.2. The Balaban J connectivity index is 2.06. The Labute approximate surface area is 120 Å². The molecule has 0 spiro atoms. The highest BCUT2D eigenvalue weighted by Gasteiger charge is 2.21. The SMILES string of the molecule is Cc1nc(COc2cccc(C(C)C(C)(C)C)c2)no1. The maximum absolute atomic E-state index is 5.72. The van der Waals surface area contributed by atoms with E-state index < -0.39 is 0 Å². The number of aromatic nitrogens is 2. The van der Waals surface area contributed by atoms with Crippen LogP contribution in [0.15, 0.2) is 28.8 Å². The first-order valence-corrected chi connectivity index (χ1v) is 6.88. The molecule has 2 rings (SSSR count). The van der Waals surface area contributed by atoms with E-state index in [-0.39, 0.29) is 5.41 Å². The van der Waals surface area contributed by atoms with E-state index >= 15 is 0 Å². The summed E-state index contributed by atoms with van der Waals surface area (Å²) >= 11 is 0. The summed E-state index contributed by atoms with van der Waals surface area (Å²) < 4.78 is 10.6. The third-order valence-electron chi connectivity index (χ3n) is 3.59. The minimum atomic E-state index is 0.226. The van der Waals surface area contributed by atoms with Crippen LogP contribution in [-0.2, 0) is 6.61 Å². The molecule has 1 heterocycles. The van der Waals surface area contributed by atoms with E-state index in [9.17, 15) is 0 Å². The third-order valence-corrected chi connectivity index (χ3v) is 3.59. The molecule has 0 radical (unpaired) electrons. The van der Waals surface area contributed by atoms with Gasteiger partial charge in [-0.05, 0) is 29.0 Å². The molecule has 0 aliphatic rings. The first-order valence-electron chi connectivity index (χ1n) is 6.88. The molecule has 20 heavy (non-hydrogen) atoms. The van der Waals surface area contributed by atoms with Crippen molar-refractivity contribution in [3.8, 4) is 5.75 Å². The second-order valence-corrected chi connectivity index (χ2v) is 6.18. The van der Waals surface area contributed by atoms with Crippen LogP contribution in [0.2, 0.25) is 0 Å². The average molecular weight is 274 g/mol. The van der Waals surface area contributed by atoms with Crippen LogP contribution in [0.4, 0.5) is 0 Å². The first-order chi connectivity index (χ1) is 9.36. The second-order valence-electron chi connectivity index (χ2n) is 6.18. The van der Waals surface area contributed by atoms with E-state index in [1.54, 1.807) is 6.92 Å². The Kier molecular flexibility index (Phi) is 4.12. The topological polar surface area (TPSA) is 48.2 Å². The van der Waals surface area contributed by atoms with Crippen molar-refractivity contribution in [1.82, 2.24) is 10.1 Å². The zero-order chi connectivity index (χ0) is 14.8. The summed E-state index contributed by atoms with van der Waals surface area (Å²) in [6, 6.07) is 8.20. The van der Waals surface area contributed by atoms with Gasteiger partial charge in [0.1, 0.15) is 5.75 Å². The fourth-order valence-corrected chi connectivity index (χ4v) is 1.92. The van der Waals surface area contributed by atoms with Crippen molar-refractivity contribution in [3.05, 3.63) is 41.5 Å². The monoisotopic (exact) mass is 274 g/mol. The predicted molar refractivity (Wildman–Crippen MR) is 77.7 cm³/mol. The largest absolute Gasteiger partial charge is 0.485 e. The lowest BCUT2D eigenvalue weighted by Gasteiger charge is -2.27. The van der Waals surface area contributed by atoms with Gasteiger partial charge in [-0.2, -0.15) is 4.98 Å². The Hall–Kier alpha value is -1.84. The standard InChI is InChI=1S/C16H22N2O2/c1-11(16(3,4)5)13-7-6-8-14(9-13)19-10-15-17-12(2)20-18-15/h6-9,11H,10H2,1-5H3. The summed E-state index contributed by atoms with van der Waals surface area (Å²) in [5.41, 5.74) is 1.50. The average Bonchev–Trinajstić information content (AvgIpc) is 2.80. The van der Waals surface area contributed by atoms with E-state index in [2.05, 4.69) is 50.0 Å². The van der Waals surface area contributed by atoms with Crippen LogP contribution < -0.4 is 4.74 Å². The minimum Gasteiger partial charge on any atom is -0.485 e. The number of benzene rings is 1. The van der Waals surface area contributed by atoms with Crippen LogP contribution in [0.25, 0.3) is 0 Å². The minimum absolute atomic E-state index is 0.226. The van der Waals surface area contributed by atoms with E-state index in [1.807, 2.05) is 12.1 Å². The smallest absolute Gasteiger partial charge is 0.223 e. The lowest BCUT2D eigenvalue weighted by molar-refractivity contribution is 0.284. The maximum Gasteiger partial charge on any atom is 0.223 e. The molecule has 0 bridgehead atoms. The Morgan fingerprint density at radius 3 is 2.65 bits per heavy atom. The summed E-state index contributed by atoms with van der Waals surface area (Å²) in [7, 11) is 0. The molecule has 4 nitrogen and oxygen atoms in total. The summed E-state index contributed by atoms with van der Waals surface area (Å²) in [6.45, 7) is 11.1. The fraction of sp³-hybridized carbons (Fsp3) is 0.500. The maximum atomic E-state index is 5.72. The number of ether oxygens (including phenoxy) is 1. The molecule has 0 N–H and O–H groups in total. The van der Waals surface area contributed by atoms with Gasteiger partial charge in [-0.3, -0.25) is 0 Å². The molecule has 108 valence electrons. The van der Waals surface area contributed by atoms with Gasteiger partial charge in [0, 0.05) is 6.92 Å². The molecule has 1 aromatic carbocycles. The van der Waals surface area contributed by atoms with Gasteiger partial charge >= 0.3 is 0 Å². The van der Waals surface area contributed by atoms with Crippen molar-refractivity contribution in [2.24, 2.45) is 5.41 Å². The molecule has 0 amide bonds. The molecule has 0 saturated heterocycles. The van der Waals surface area contributed by atoms with Crippen LogP contribution >= 0.6 is 0 Å². The fourth-order valence-electron chi connectivity index (χ4n) is 1.92. The van der Waals surface area contributed by atoms with Gasteiger partial charge in [-0.1, -0.05) is 45.0 Å². The van der Waals surface area contributed by atoms with Crippen molar-refractivity contribution in [2.45, 2.75) is 47.1 Å². The molecule has 1 aromatic heterocycles. The molecule has 2 aromatic rings. The summed E-state index contributed by atoms with van der Waals surface area (Å²) in [4.78, 5) is 4.12. The zero-order valence-corrected chi connectivity index (χ0v) is 12.8. The van der Waals surface area contributed by atoms with Crippen molar-refractivity contribution in [2.75, 3.05) is 0 Å². The van der Waals surface area contributed by atoms with Crippen molar-refractivity contribution in [1.29, 1.82) is 0 Å². The zero-order valence-electron chi connectivity index (χ0n) is 12.8. The van der Waals surface area contributed by atoms with Gasteiger partial charge in [0.05, 0.1) is 0 Å². The number of hydrogen-bond acceptors (Lipinski definition) is 4. The lowest BCUT2D eigenvalue weighted by atomic mass is 9.78. The summed E-state index contributed by atoms with van der Waals surface area (Å²) in [5, 5.41) is 3.82. The first kappa shape index (κ1) is 14.6. The molecule has 1 unspecified atom stereocenters. The van der Waals surface area contributed by atoms with Crippen LogP contribution in [0.5, 0.6) is 5.75 Å². The van der Waals surface area contributed by atoms with E-state index in [0.717, 1.165) is 5.75 Å². The van der Waals surface area contributed by atoms with E-state index in [0.29, 0.717) is 24.2 Å². The van der Waals surface area contributed by atoms with Gasteiger partial charge < -0.3 is 9.26 Å². The number of aryl methyl sites for hydroxylation is 1. The Bertz CT molecular complexity index is 570. The second kappa shape index (κ2) is 5.65. The predicted octanol–water partition coefficient (Wildman–Crippen LogP) is 4.11. The van der Waals surface area contributed by atoms with Gasteiger partial charge in [0.2, 0.25) is 11.7 Å². The van der Waals surface area contributed by atoms with Crippen LogP contribution in [0, 0.1) is 12.3 Å². The van der Waals surface area contributed by atoms with Crippen molar-refractivity contribution < 1.29 is 9.26 Å². The Morgan fingerprint density at radius 2 is 2.05 bits per heavy atom. The van der Waals surface area contributed by atoms with Crippen molar-refractivity contribution >= 4 is 0 Å².